The van der Waals surface area contributed by atoms with Crippen LogP contribution >= 0.6 is 0 Å². The quantitative estimate of drug-likeness (QED) is 0.742. The van der Waals surface area contributed by atoms with Crippen LogP contribution in [0, 0.1) is 11.8 Å². The maximum Gasteiger partial charge on any atom is 0.00223 e. The number of nitrogens with two attached hydrogens (primary N) is 1. The fourth-order valence-corrected chi connectivity index (χ4v) is 3.06. The Hall–Kier alpha value is -0.120. The van der Waals surface area contributed by atoms with E-state index in [2.05, 4.69) is 16.8 Å². The Morgan fingerprint density at radius 2 is 2.00 bits per heavy atom. The van der Waals surface area contributed by atoms with Crippen LogP contribution in [0.3, 0.4) is 0 Å². The van der Waals surface area contributed by atoms with E-state index < -0.39 is 0 Å². The molecule has 2 saturated heterocycles. The smallest absolute Gasteiger partial charge is 0.00223 e. The van der Waals surface area contributed by atoms with Crippen LogP contribution in [0.5, 0.6) is 0 Å². The molecule has 0 amide bonds. The third-order valence-electron chi connectivity index (χ3n) is 3.94. The molecule has 2 unspecified atom stereocenters. The van der Waals surface area contributed by atoms with Crippen molar-refractivity contribution in [2.45, 2.75) is 19.3 Å². The average Bonchev–Trinajstić information content (AvgIpc) is 2.65. The minimum atomic E-state index is 0.770. The molecular weight excluding hydrogens is 186 g/mol. The molecule has 2 aliphatic heterocycles. The zero-order valence-electron chi connectivity index (χ0n) is 9.99. The van der Waals surface area contributed by atoms with E-state index in [1.165, 1.54) is 52.0 Å². The first-order valence-corrected chi connectivity index (χ1v) is 6.39. The molecule has 3 nitrogen and oxygen atoms in total. The SMILES string of the molecule is CN1CCCC(CN2CCC(CN)C2)C1. The third kappa shape index (κ3) is 3.16. The number of piperidine rings is 1. The van der Waals surface area contributed by atoms with E-state index >= 15 is 0 Å². The highest BCUT2D eigenvalue weighted by molar-refractivity contribution is 4.80. The molecular formula is C12H25N3. The van der Waals surface area contributed by atoms with Gasteiger partial charge in [-0.05, 0) is 57.8 Å². The Labute approximate surface area is 93.6 Å². The fraction of sp³-hybridized carbons (Fsp3) is 1.00. The molecule has 88 valence electrons. The summed E-state index contributed by atoms with van der Waals surface area (Å²) in [5.74, 6) is 1.67. The van der Waals surface area contributed by atoms with Crippen LogP contribution in [0.4, 0.5) is 0 Å². The molecule has 0 saturated carbocycles. The summed E-state index contributed by atoms with van der Waals surface area (Å²) in [5, 5.41) is 0. The predicted octanol–water partition coefficient (Wildman–Crippen LogP) is 0.609. The monoisotopic (exact) mass is 211 g/mol. The second-order valence-electron chi connectivity index (χ2n) is 5.42. The molecule has 3 heteroatoms. The molecule has 0 radical (unpaired) electrons. The van der Waals surface area contributed by atoms with E-state index in [4.69, 9.17) is 5.73 Å². The van der Waals surface area contributed by atoms with E-state index in [0.29, 0.717) is 0 Å². The summed E-state index contributed by atoms with van der Waals surface area (Å²) >= 11 is 0. The third-order valence-corrected chi connectivity index (χ3v) is 3.94. The summed E-state index contributed by atoms with van der Waals surface area (Å²) < 4.78 is 0. The Morgan fingerprint density at radius 1 is 1.13 bits per heavy atom. The van der Waals surface area contributed by atoms with Crippen molar-refractivity contribution in [3.8, 4) is 0 Å². The van der Waals surface area contributed by atoms with E-state index in [9.17, 15) is 0 Å². The number of nitrogens with zero attached hydrogens (tertiary/aromatic N) is 2. The lowest BCUT2D eigenvalue weighted by atomic mass is 9.98. The lowest BCUT2D eigenvalue weighted by Crippen LogP contribution is -2.38. The highest BCUT2D eigenvalue weighted by atomic mass is 15.2. The maximum absolute atomic E-state index is 5.72. The van der Waals surface area contributed by atoms with Gasteiger partial charge in [0.1, 0.15) is 0 Å². The van der Waals surface area contributed by atoms with Crippen molar-refractivity contribution in [1.29, 1.82) is 0 Å². The van der Waals surface area contributed by atoms with Crippen LogP contribution in [0.25, 0.3) is 0 Å². The fourth-order valence-electron chi connectivity index (χ4n) is 3.06. The molecule has 0 spiro atoms. The highest BCUT2D eigenvalue weighted by Gasteiger charge is 2.25. The normalized spacial score (nSPS) is 34.8. The molecule has 0 bridgehead atoms. The van der Waals surface area contributed by atoms with Crippen LogP contribution in [0.2, 0.25) is 0 Å². The van der Waals surface area contributed by atoms with Gasteiger partial charge in [-0.1, -0.05) is 0 Å². The van der Waals surface area contributed by atoms with E-state index in [1.54, 1.807) is 0 Å². The van der Waals surface area contributed by atoms with Gasteiger partial charge in [-0.25, -0.2) is 0 Å². The van der Waals surface area contributed by atoms with Gasteiger partial charge in [-0.2, -0.15) is 0 Å². The lowest BCUT2D eigenvalue weighted by Gasteiger charge is -2.32. The maximum atomic E-state index is 5.72. The second kappa shape index (κ2) is 5.28. The molecule has 2 N–H and O–H groups in total. The summed E-state index contributed by atoms with van der Waals surface area (Å²) in [6, 6.07) is 0. The number of hydrogen-bond acceptors (Lipinski definition) is 3. The molecule has 2 atom stereocenters. The summed E-state index contributed by atoms with van der Waals surface area (Å²) in [7, 11) is 2.25. The van der Waals surface area contributed by atoms with Crippen molar-refractivity contribution < 1.29 is 0 Å². The number of hydrogen-bond donors (Lipinski definition) is 1. The van der Waals surface area contributed by atoms with Gasteiger partial charge in [0.05, 0.1) is 0 Å². The van der Waals surface area contributed by atoms with Crippen molar-refractivity contribution in [1.82, 2.24) is 9.80 Å². The first kappa shape index (κ1) is 11.4. The molecule has 2 rings (SSSR count). The molecule has 2 heterocycles. The van der Waals surface area contributed by atoms with Crippen LogP contribution in [0.1, 0.15) is 19.3 Å². The topological polar surface area (TPSA) is 32.5 Å². The molecule has 0 aromatic heterocycles. The Morgan fingerprint density at radius 3 is 2.67 bits per heavy atom. The van der Waals surface area contributed by atoms with Crippen molar-refractivity contribution in [2.24, 2.45) is 17.6 Å². The van der Waals surface area contributed by atoms with E-state index in [0.717, 1.165) is 18.4 Å². The van der Waals surface area contributed by atoms with E-state index in [-0.39, 0.29) is 0 Å². The number of rotatable bonds is 3. The van der Waals surface area contributed by atoms with Crippen LogP contribution < -0.4 is 5.73 Å². The molecule has 0 aromatic rings. The lowest BCUT2D eigenvalue weighted by molar-refractivity contribution is 0.164. The largest absolute Gasteiger partial charge is 0.330 e. The second-order valence-corrected chi connectivity index (χ2v) is 5.42. The van der Waals surface area contributed by atoms with Crippen LogP contribution in [0.15, 0.2) is 0 Å². The minimum absolute atomic E-state index is 0.770. The first-order valence-electron chi connectivity index (χ1n) is 6.39. The zero-order valence-corrected chi connectivity index (χ0v) is 9.99. The van der Waals surface area contributed by atoms with Crippen LogP contribution in [-0.2, 0) is 0 Å². The van der Waals surface area contributed by atoms with E-state index in [1.807, 2.05) is 0 Å². The number of likely N-dealkylation sites (tertiary alicyclic amines) is 2. The van der Waals surface area contributed by atoms with Gasteiger partial charge in [-0.15, -0.1) is 0 Å². The van der Waals surface area contributed by atoms with Crippen LogP contribution in [-0.4, -0.2) is 56.1 Å². The van der Waals surface area contributed by atoms with Gasteiger partial charge in [0.15, 0.2) is 0 Å². The van der Waals surface area contributed by atoms with Gasteiger partial charge < -0.3 is 15.5 Å². The summed E-state index contributed by atoms with van der Waals surface area (Å²) in [5.41, 5.74) is 5.72. The Bertz CT molecular complexity index is 195. The summed E-state index contributed by atoms with van der Waals surface area (Å²) in [4.78, 5) is 5.10. The van der Waals surface area contributed by atoms with Gasteiger partial charge in [0.25, 0.3) is 0 Å². The Balaban J connectivity index is 1.72. The van der Waals surface area contributed by atoms with Crippen molar-refractivity contribution in [3.05, 3.63) is 0 Å². The van der Waals surface area contributed by atoms with Crippen molar-refractivity contribution in [2.75, 3.05) is 46.3 Å². The standard InChI is InChI=1S/C12H25N3/c1-14-5-2-3-12(8-14)10-15-6-4-11(7-13)9-15/h11-12H,2-10,13H2,1H3. The van der Waals surface area contributed by atoms with Gasteiger partial charge >= 0.3 is 0 Å². The van der Waals surface area contributed by atoms with Crippen molar-refractivity contribution >= 4 is 0 Å². The molecule has 2 fully saturated rings. The van der Waals surface area contributed by atoms with Gasteiger partial charge in [-0.3, -0.25) is 0 Å². The molecule has 0 aromatic carbocycles. The highest BCUT2D eigenvalue weighted by Crippen LogP contribution is 2.20. The van der Waals surface area contributed by atoms with Crippen molar-refractivity contribution in [3.63, 3.8) is 0 Å². The minimum Gasteiger partial charge on any atom is -0.330 e. The Kier molecular flexibility index (Phi) is 4.00. The first-order chi connectivity index (χ1) is 7.28. The molecule has 0 aliphatic carbocycles. The molecule has 15 heavy (non-hydrogen) atoms. The van der Waals surface area contributed by atoms with Gasteiger partial charge in [0, 0.05) is 19.6 Å². The average molecular weight is 211 g/mol. The summed E-state index contributed by atoms with van der Waals surface area (Å²) in [6.45, 7) is 7.30. The zero-order chi connectivity index (χ0) is 10.7. The molecule has 2 aliphatic rings. The summed E-state index contributed by atoms with van der Waals surface area (Å²) in [6.07, 6.45) is 4.13. The predicted molar refractivity (Wildman–Crippen MR) is 63.8 cm³/mol. The van der Waals surface area contributed by atoms with Gasteiger partial charge in [0.2, 0.25) is 0 Å².